The van der Waals surface area contributed by atoms with E-state index in [1.54, 1.807) is 25.1 Å². The highest BCUT2D eigenvalue weighted by molar-refractivity contribution is 5.94. The van der Waals surface area contributed by atoms with Gasteiger partial charge in [0.1, 0.15) is 0 Å². The number of methoxy groups -OCH3 is 2. The van der Waals surface area contributed by atoms with Gasteiger partial charge in [-0.05, 0) is 39.2 Å². The quantitative estimate of drug-likeness (QED) is 0.777. The molecule has 6 heteroatoms. The number of benzene rings is 1. The van der Waals surface area contributed by atoms with E-state index in [1.807, 2.05) is 19.0 Å². The molecule has 0 aromatic heterocycles. The molecule has 1 atom stereocenters. The van der Waals surface area contributed by atoms with E-state index < -0.39 is 5.60 Å². The summed E-state index contributed by atoms with van der Waals surface area (Å²) in [4.78, 5) is 14.0. The number of hydrogen-bond acceptors (Lipinski definition) is 5. The van der Waals surface area contributed by atoms with Crippen molar-refractivity contribution in [2.45, 2.75) is 12.5 Å². The third kappa shape index (κ3) is 5.24. The lowest BCUT2D eigenvalue weighted by molar-refractivity contribution is 0.0326. The fourth-order valence-corrected chi connectivity index (χ4v) is 2.09. The number of aliphatic hydroxyl groups is 1. The lowest BCUT2D eigenvalue weighted by atomic mass is 10.1. The molecule has 0 fully saturated rings. The number of hydrogen-bond donors (Lipinski definition) is 2. The fourth-order valence-electron chi connectivity index (χ4n) is 2.09. The van der Waals surface area contributed by atoms with Crippen molar-refractivity contribution in [1.29, 1.82) is 0 Å². The maximum atomic E-state index is 12.1. The van der Waals surface area contributed by atoms with Crippen molar-refractivity contribution in [3.63, 3.8) is 0 Å². The first-order valence-electron chi connectivity index (χ1n) is 6.66. The van der Waals surface area contributed by atoms with E-state index in [1.165, 1.54) is 14.2 Å². The molecule has 0 heterocycles. The average molecular weight is 296 g/mol. The lowest BCUT2D eigenvalue weighted by Crippen LogP contribution is -2.47. The Morgan fingerprint density at radius 3 is 2.43 bits per heavy atom. The van der Waals surface area contributed by atoms with Crippen LogP contribution in [0, 0.1) is 0 Å². The SMILES string of the molecule is COc1ccc(C(=O)NCC(C)(O)CN(C)C)cc1OC. The van der Waals surface area contributed by atoms with E-state index in [4.69, 9.17) is 9.47 Å². The van der Waals surface area contributed by atoms with Gasteiger partial charge >= 0.3 is 0 Å². The van der Waals surface area contributed by atoms with Gasteiger partial charge in [-0.25, -0.2) is 0 Å². The van der Waals surface area contributed by atoms with Crippen LogP contribution in [0.15, 0.2) is 18.2 Å². The second-order valence-electron chi connectivity index (χ2n) is 5.49. The molecule has 2 N–H and O–H groups in total. The Morgan fingerprint density at radius 1 is 1.29 bits per heavy atom. The zero-order chi connectivity index (χ0) is 16.0. The van der Waals surface area contributed by atoms with E-state index in [2.05, 4.69) is 5.32 Å². The van der Waals surface area contributed by atoms with Gasteiger partial charge in [-0.2, -0.15) is 0 Å². The Hall–Kier alpha value is -1.79. The predicted octanol–water partition coefficient (Wildman–Crippen LogP) is 0.746. The van der Waals surface area contributed by atoms with Crippen LogP contribution in [0.4, 0.5) is 0 Å². The summed E-state index contributed by atoms with van der Waals surface area (Å²) in [5.74, 6) is 0.786. The minimum atomic E-state index is -0.990. The van der Waals surface area contributed by atoms with Crippen molar-refractivity contribution in [3.05, 3.63) is 23.8 Å². The third-order valence-corrected chi connectivity index (χ3v) is 2.93. The van der Waals surface area contributed by atoms with Crippen molar-refractivity contribution in [2.75, 3.05) is 41.4 Å². The second kappa shape index (κ2) is 7.28. The Kier molecular flexibility index (Phi) is 5.99. The van der Waals surface area contributed by atoms with Crippen LogP contribution in [0.1, 0.15) is 17.3 Å². The molecule has 0 saturated heterocycles. The highest BCUT2D eigenvalue weighted by Crippen LogP contribution is 2.27. The monoisotopic (exact) mass is 296 g/mol. The van der Waals surface area contributed by atoms with E-state index in [0.717, 1.165) is 0 Å². The first kappa shape index (κ1) is 17.3. The Balaban J connectivity index is 2.72. The number of nitrogens with one attached hydrogen (secondary N) is 1. The highest BCUT2D eigenvalue weighted by atomic mass is 16.5. The summed E-state index contributed by atoms with van der Waals surface area (Å²) in [6.45, 7) is 2.31. The van der Waals surface area contributed by atoms with Crippen LogP contribution >= 0.6 is 0 Å². The highest BCUT2D eigenvalue weighted by Gasteiger charge is 2.22. The Morgan fingerprint density at radius 2 is 1.90 bits per heavy atom. The smallest absolute Gasteiger partial charge is 0.251 e. The first-order chi connectivity index (χ1) is 9.79. The number of amides is 1. The number of ether oxygens (including phenoxy) is 2. The summed E-state index contributed by atoms with van der Waals surface area (Å²) in [6.07, 6.45) is 0. The molecule has 0 bridgehead atoms. The number of nitrogens with zero attached hydrogens (tertiary/aromatic N) is 1. The zero-order valence-electron chi connectivity index (χ0n) is 13.3. The standard InChI is InChI=1S/C15H24N2O4/c1-15(19,10-17(2)3)9-16-14(18)11-6-7-12(20-4)13(8-11)21-5/h6-8,19H,9-10H2,1-5H3,(H,16,18). The van der Waals surface area contributed by atoms with Gasteiger partial charge in [-0.1, -0.05) is 0 Å². The maximum Gasteiger partial charge on any atom is 0.251 e. The van der Waals surface area contributed by atoms with E-state index in [0.29, 0.717) is 23.6 Å². The molecule has 0 radical (unpaired) electrons. The third-order valence-electron chi connectivity index (χ3n) is 2.93. The van der Waals surface area contributed by atoms with Crippen LogP contribution < -0.4 is 14.8 Å². The van der Waals surface area contributed by atoms with Crippen molar-refractivity contribution in [3.8, 4) is 11.5 Å². The van der Waals surface area contributed by atoms with Gasteiger partial charge in [0.25, 0.3) is 5.91 Å². The molecule has 0 aliphatic heterocycles. The molecule has 6 nitrogen and oxygen atoms in total. The zero-order valence-corrected chi connectivity index (χ0v) is 13.3. The van der Waals surface area contributed by atoms with E-state index in [9.17, 15) is 9.90 Å². The molecule has 118 valence electrons. The summed E-state index contributed by atoms with van der Waals surface area (Å²) >= 11 is 0. The number of carbonyl (C=O) groups excluding carboxylic acids is 1. The van der Waals surface area contributed by atoms with Gasteiger partial charge < -0.3 is 24.8 Å². The van der Waals surface area contributed by atoms with Crippen LogP contribution in [0.5, 0.6) is 11.5 Å². The number of likely N-dealkylation sites (N-methyl/N-ethyl adjacent to an activating group) is 1. The van der Waals surface area contributed by atoms with Crippen LogP contribution in [0.3, 0.4) is 0 Å². The molecule has 1 rings (SSSR count). The predicted molar refractivity (Wildman–Crippen MR) is 81.1 cm³/mol. The van der Waals surface area contributed by atoms with Gasteiger partial charge in [-0.15, -0.1) is 0 Å². The summed E-state index contributed by atoms with van der Waals surface area (Å²) in [5.41, 5.74) is -0.538. The molecule has 0 aliphatic carbocycles. The van der Waals surface area contributed by atoms with Crippen LogP contribution in [0.25, 0.3) is 0 Å². The second-order valence-corrected chi connectivity index (χ2v) is 5.49. The first-order valence-corrected chi connectivity index (χ1v) is 6.66. The molecule has 1 amide bonds. The molecular weight excluding hydrogens is 272 g/mol. The summed E-state index contributed by atoms with van der Waals surface area (Å²) < 4.78 is 10.3. The average Bonchev–Trinajstić information content (AvgIpc) is 2.42. The summed E-state index contributed by atoms with van der Waals surface area (Å²) in [5, 5.41) is 12.9. The van der Waals surface area contributed by atoms with Gasteiger partial charge in [0.15, 0.2) is 11.5 Å². The summed E-state index contributed by atoms with van der Waals surface area (Å²) in [7, 11) is 6.78. The maximum absolute atomic E-state index is 12.1. The fraction of sp³-hybridized carbons (Fsp3) is 0.533. The minimum Gasteiger partial charge on any atom is -0.493 e. The number of rotatable bonds is 7. The molecule has 0 saturated carbocycles. The molecular formula is C15H24N2O4. The molecule has 1 aromatic rings. The van der Waals surface area contributed by atoms with Crippen molar-refractivity contribution in [2.24, 2.45) is 0 Å². The van der Waals surface area contributed by atoms with Gasteiger partial charge in [0, 0.05) is 18.7 Å². The molecule has 0 aliphatic rings. The summed E-state index contributed by atoms with van der Waals surface area (Å²) in [6, 6.07) is 4.93. The molecule has 21 heavy (non-hydrogen) atoms. The molecule has 1 unspecified atom stereocenters. The topological polar surface area (TPSA) is 71.0 Å². The van der Waals surface area contributed by atoms with Crippen LogP contribution in [-0.2, 0) is 0 Å². The van der Waals surface area contributed by atoms with Crippen LogP contribution in [-0.4, -0.2) is 62.9 Å². The Bertz CT molecular complexity index is 487. The van der Waals surface area contributed by atoms with Crippen molar-refractivity contribution >= 4 is 5.91 Å². The Labute approximate surface area is 125 Å². The van der Waals surface area contributed by atoms with Gasteiger partial charge in [0.2, 0.25) is 0 Å². The normalized spacial score (nSPS) is 13.7. The van der Waals surface area contributed by atoms with Gasteiger partial charge in [0.05, 0.1) is 19.8 Å². The van der Waals surface area contributed by atoms with Crippen LogP contribution in [0.2, 0.25) is 0 Å². The number of carbonyl (C=O) groups is 1. The van der Waals surface area contributed by atoms with E-state index in [-0.39, 0.29) is 12.5 Å². The minimum absolute atomic E-state index is 0.165. The van der Waals surface area contributed by atoms with Crippen molar-refractivity contribution in [1.82, 2.24) is 10.2 Å². The van der Waals surface area contributed by atoms with Crippen molar-refractivity contribution < 1.29 is 19.4 Å². The lowest BCUT2D eigenvalue weighted by Gasteiger charge is -2.27. The van der Waals surface area contributed by atoms with Gasteiger partial charge in [-0.3, -0.25) is 4.79 Å². The molecule has 0 spiro atoms. The largest absolute Gasteiger partial charge is 0.493 e. The van der Waals surface area contributed by atoms with E-state index >= 15 is 0 Å². The molecule has 1 aromatic carbocycles.